The van der Waals surface area contributed by atoms with Crippen LogP contribution in [0.25, 0.3) is 0 Å². The number of guanidine groups is 1. The van der Waals surface area contributed by atoms with Gasteiger partial charge in [-0.25, -0.2) is 9.98 Å². The molecule has 2 N–H and O–H groups in total. The number of carbonyl (C=O) groups excluding carboxylic acids is 1. The minimum Gasteiger partial charge on any atom is -0.354 e. The van der Waals surface area contributed by atoms with Gasteiger partial charge in [0.25, 0.3) is 0 Å². The topological polar surface area (TPSA) is 72.9 Å². The second kappa shape index (κ2) is 8.37. The van der Waals surface area contributed by atoms with Gasteiger partial charge in [0, 0.05) is 45.5 Å². The van der Waals surface area contributed by atoms with Crippen molar-refractivity contribution in [2.75, 3.05) is 38.6 Å². The highest BCUT2D eigenvalue weighted by molar-refractivity contribution is 5.85. The number of likely N-dealkylation sites (N-methyl/N-ethyl adjacent to an activating group) is 1. The van der Waals surface area contributed by atoms with Gasteiger partial charge in [0.2, 0.25) is 5.91 Å². The maximum Gasteiger partial charge on any atom is 0.243 e. The fraction of sp³-hybridized carbons (Fsp3) is 0.667. The van der Waals surface area contributed by atoms with E-state index < -0.39 is 0 Å². The summed E-state index contributed by atoms with van der Waals surface area (Å²) in [6.45, 7) is 2.06. The second-order valence-electron chi connectivity index (χ2n) is 8.64. The second-order valence-corrected chi connectivity index (χ2v) is 8.64. The molecule has 7 nitrogen and oxygen atoms in total. The van der Waals surface area contributed by atoms with E-state index in [1.165, 1.54) is 25.7 Å². The van der Waals surface area contributed by atoms with Gasteiger partial charge in [0.1, 0.15) is 12.4 Å². The molecule has 2 aliphatic carbocycles. The Hall–Kier alpha value is -2.31. The van der Waals surface area contributed by atoms with Crippen LogP contribution in [0.4, 0.5) is 5.82 Å². The van der Waals surface area contributed by atoms with Gasteiger partial charge < -0.3 is 20.4 Å². The van der Waals surface area contributed by atoms with Crippen molar-refractivity contribution in [1.29, 1.82) is 0 Å². The van der Waals surface area contributed by atoms with E-state index >= 15 is 0 Å². The molecule has 4 rings (SSSR count). The molecule has 0 radical (unpaired) electrons. The molecule has 152 valence electrons. The number of aromatic nitrogens is 1. The van der Waals surface area contributed by atoms with Crippen molar-refractivity contribution in [3.63, 3.8) is 0 Å². The highest BCUT2D eigenvalue weighted by Crippen LogP contribution is 2.44. The molecular weight excluding hydrogens is 352 g/mol. The third-order valence-electron chi connectivity index (χ3n) is 6.43. The van der Waals surface area contributed by atoms with Crippen LogP contribution in [-0.2, 0) is 4.79 Å². The summed E-state index contributed by atoms with van der Waals surface area (Å²) in [4.78, 5) is 25.0. The molecule has 7 heteroatoms. The summed E-state index contributed by atoms with van der Waals surface area (Å²) in [5, 5.41) is 7.25. The molecule has 2 bridgehead atoms. The van der Waals surface area contributed by atoms with E-state index in [0.29, 0.717) is 12.1 Å². The Bertz CT molecular complexity index is 706. The normalized spacial score (nSPS) is 29.2. The van der Waals surface area contributed by atoms with E-state index in [-0.39, 0.29) is 12.5 Å². The zero-order chi connectivity index (χ0) is 19.5. The van der Waals surface area contributed by atoms with Gasteiger partial charge in [-0.3, -0.25) is 4.79 Å². The van der Waals surface area contributed by atoms with Crippen molar-refractivity contribution < 1.29 is 4.79 Å². The minimum atomic E-state index is 0.0237. The van der Waals surface area contributed by atoms with Gasteiger partial charge in [0.15, 0.2) is 5.96 Å². The van der Waals surface area contributed by atoms with Crippen LogP contribution in [0.3, 0.4) is 0 Å². The van der Waals surface area contributed by atoms with E-state index in [1.54, 1.807) is 19.0 Å². The third-order valence-corrected chi connectivity index (χ3v) is 6.43. The summed E-state index contributed by atoms with van der Waals surface area (Å²) in [7, 11) is 3.55. The van der Waals surface area contributed by atoms with Crippen LogP contribution in [-0.4, -0.2) is 67.6 Å². The largest absolute Gasteiger partial charge is 0.354 e. The Kier molecular flexibility index (Phi) is 5.69. The van der Waals surface area contributed by atoms with Gasteiger partial charge in [-0.1, -0.05) is 12.5 Å². The number of hydrogen-bond donors (Lipinski definition) is 2. The van der Waals surface area contributed by atoms with Crippen LogP contribution in [0.15, 0.2) is 29.4 Å². The molecule has 28 heavy (non-hydrogen) atoms. The fourth-order valence-electron chi connectivity index (χ4n) is 4.84. The number of anilines is 1. The maximum absolute atomic E-state index is 12.0. The first-order valence-electron chi connectivity index (χ1n) is 10.5. The van der Waals surface area contributed by atoms with E-state index in [2.05, 4.69) is 31.6 Å². The van der Waals surface area contributed by atoms with E-state index in [0.717, 1.165) is 43.1 Å². The summed E-state index contributed by atoms with van der Waals surface area (Å²) in [5.41, 5.74) is 0. The summed E-state index contributed by atoms with van der Waals surface area (Å²) >= 11 is 0. The van der Waals surface area contributed by atoms with Crippen molar-refractivity contribution in [3.8, 4) is 0 Å². The van der Waals surface area contributed by atoms with Crippen LogP contribution < -0.4 is 15.5 Å². The quantitative estimate of drug-likeness (QED) is 0.594. The Labute approximate surface area is 167 Å². The van der Waals surface area contributed by atoms with E-state index in [1.807, 2.05) is 18.3 Å². The lowest BCUT2D eigenvalue weighted by Gasteiger charge is -2.27. The van der Waals surface area contributed by atoms with Crippen molar-refractivity contribution in [2.45, 2.75) is 44.2 Å². The van der Waals surface area contributed by atoms with Crippen molar-refractivity contribution >= 4 is 17.7 Å². The molecule has 1 saturated heterocycles. The predicted molar refractivity (Wildman–Crippen MR) is 111 cm³/mol. The van der Waals surface area contributed by atoms with Gasteiger partial charge >= 0.3 is 0 Å². The monoisotopic (exact) mass is 384 g/mol. The summed E-state index contributed by atoms with van der Waals surface area (Å²) in [6, 6.07) is 6.83. The first kappa shape index (κ1) is 19.0. The van der Waals surface area contributed by atoms with Crippen LogP contribution in [0.1, 0.15) is 32.1 Å². The number of fused-ring (bicyclic) bond motifs is 2. The molecular formula is C21H32N6O. The lowest BCUT2D eigenvalue weighted by atomic mass is 9.95. The summed E-state index contributed by atoms with van der Waals surface area (Å²) in [5.74, 6) is 3.47. The minimum absolute atomic E-state index is 0.0237. The molecule has 4 atom stereocenters. The summed E-state index contributed by atoms with van der Waals surface area (Å²) < 4.78 is 0. The number of hydrogen-bond acceptors (Lipinski definition) is 4. The van der Waals surface area contributed by atoms with Crippen LogP contribution in [0, 0.1) is 11.8 Å². The number of rotatable bonds is 5. The predicted octanol–water partition coefficient (Wildman–Crippen LogP) is 1.47. The molecule has 1 amide bonds. The van der Waals surface area contributed by atoms with Gasteiger partial charge in [-0.05, 0) is 49.7 Å². The first-order valence-corrected chi connectivity index (χ1v) is 10.5. The smallest absolute Gasteiger partial charge is 0.243 e. The number of aliphatic imine (C=N–C) groups is 1. The highest BCUT2D eigenvalue weighted by atomic mass is 16.2. The number of carbonyl (C=O) groups is 1. The molecule has 1 aliphatic heterocycles. The summed E-state index contributed by atoms with van der Waals surface area (Å²) in [6.07, 6.45) is 8.16. The van der Waals surface area contributed by atoms with Crippen LogP contribution >= 0.6 is 0 Å². The van der Waals surface area contributed by atoms with Crippen molar-refractivity contribution in [2.24, 2.45) is 16.8 Å². The molecule has 4 unspecified atom stereocenters. The zero-order valence-corrected chi connectivity index (χ0v) is 17.0. The van der Waals surface area contributed by atoms with Crippen molar-refractivity contribution in [3.05, 3.63) is 24.4 Å². The highest BCUT2D eigenvalue weighted by Gasteiger charge is 2.40. The van der Waals surface area contributed by atoms with Gasteiger partial charge in [-0.15, -0.1) is 0 Å². The van der Waals surface area contributed by atoms with E-state index in [4.69, 9.17) is 0 Å². The first-order chi connectivity index (χ1) is 13.6. The van der Waals surface area contributed by atoms with Crippen molar-refractivity contribution in [1.82, 2.24) is 20.5 Å². The Morgan fingerprint density at radius 3 is 2.82 bits per heavy atom. The number of nitrogens with one attached hydrogen (secondary N) is 2. The SMILES string of the molecule is CN(C)C(=O)CN=C(NC1CCN(c2ccccn2)C1)NC1CC2CCC1C2. The molecule has 3 fully saturated rings. The lowest BCUT2D eigenvalue weighted by Crippen LogP contribution is -2.50. The Morgan fingerprint density at radius 2 is 2.14 bits per heavy atom. The average Bonchev–Trinajstić information content (AvgIpc) is 3.43. The number of nitrogens with zero attached hydrogens (tertiary/aromatic N) is 4. The van der Waals surface area contributed by atoms with Crippen LogP contribution in [0.5, 0.6) is 0 Å². The van der Waals surface area contributed by atoms with Crippen LogP contribution in [0.2, 0.25) is 0 Å². The molecule has 0 aromatic carbocycles. The third kappa shape index (κ3) is 4.39. The molecule has 0 spiro atoms. The van der Waals surface area contributed by atoms with E-state index in [9.17, 15) is 4.79 Å². The average molecular weight is 385 g/mol. The fourth-order valence-corrected chi connectivity index (χ4v) is 4.84. The van der Waals surface area contributed by atoms with Gasteiger partial charge in [0.05, 0.1) is 0 Å². The molecule has 1 aromatic rings. The lowest BCUT2D eigenvalue weighted by molar-refractivity contribution is -0.127. The molecule has 2 saturated carbocycles. The standard InChI is InChI=1S/C21H32N6O/c1-26(2)20(28)13-23-21(25-18-12-15-6-7-16(18)11-15)24-17-8-10-27(14-17)19-5-3-4-9-22-19/h3-5,9,15-18H,6-8,10-14H2,1-2H3,(H2,23,24,25). The molecule has 3 aliphatic rings. The Balaban J connectivity index is 1.38. The molecule has 1 aromatic heterocycles. The maximum atomic E-state index is 12.0. The van der Waals surface area contributed by atoms with Gasteiger partial charge in [-0.2, -0.15) is 0 Å². The molecule has 2 heterocycles. The number of pyridine rings is 1. The number of amides is 1. The Morgan fingerprint density at radius 1 is 1.25 bits per heavy atom. The zero-order valence-electron chi connectivity index (χ0n) is 17.0.